The van der Waals surface area contributed by atoms with E-state index < -0.39 is 5.97 Å². The lowest BCUT2D eigenvalue weighted by atomic mass is 10.2. The number of benzene rings is 1. The second-order valence-electron chi connectivity index (χ2n) is 5.17. The van der Waals surface area contributed by atoms with Gasteiger partial charge in [-0.2, -0.15) is 5.10 Å². The molecule has 0 aliphatic carbocycles. The van der Waals surface area contributed by atoms with Gasteiger partial charge in [0, 0.05) is 23.2 Å². The van der Waals surface area contributed by atoms with Crippen molar-refractivity contribution in [3.63, 3.8) is 0 Å². The van der Waals surface area contributed by atoms with Crippen molar-refractivity contribution in [1.82, 2.24) is 9.78 Å². The van der Waals surface area contributed by atoms with E-state index in [-0.39, 0.29) is 17.9 Å². The molecule has 0 unspecified atom stereocenters. The number of methoxy groups -OCH3 is 1. The summed E-state index contributed by atoms with van der Waals surface area (Å²) in [5, 5.41) is 4.58. The Morgan fingerprint density at radius 1 is 1.29 bits per heavy atom. The van der Waals surface area contributed by atoms with E-state index in [9.17, 15) is 9.59 Å². The van der Waals surface area contributed by atoms with E-state index in [0.29, 0.717) is 22.9 Å². The van der Waals surface area contributed by atoms with Gasteiger partial charge in [-0.1, -0.05) is 24.9 Å². The van der Waals surface area contributed by atoms with Crippen molar-refractivity contribution in [3.8, 4) is 5.75 Å². The molecule has 24 heavy (non-hydrogen) atoms. The standard InChI is InChI=1S/C17H19ClN2O4/c1-3-4-9-20-16(21)8-6-14(19-20)17(22)24-11-12-10-13(18)5-7-15(12)23-2/h5-8,10H,3-4,9,11H2,1-2H3. The third kappa shape index (κ3) is 4.58. The third-order valence-electron chi connectivity index (χ3n) is 3.40. The third-order valence-corrected chi connectivity index (χ3v) is 3.64. The first-order chi connectivity index (χ1) is 11.5. The molecule has 0 fully saturated rings. The lowest BCUT2D eigenvalue weighted by Gasteiger charge is -2.10. The minimum Gasteiger partial charge on any atom is -0.496 e. The minimum atomic E-state index is -0.609. The molecule has 0 saturated heterocycles. The van der Waals surface area contributed by atoms with Gasteiger partial charge in [0.2, 0.25) is 0 Å². The Labute approximate surface area is 145 Å². The summed E-state index contributed by atoms with van der Waals surface area (Å²) in [6.45, 7) is 2.48. The highest BCUT2D eigenvalue weighted by Crippen LogP contribution is 2.23. The van der Waals surface area contributed by atoms with Gasteiger partial charge in [-0.3, -0.25) is 4.79 Å². The summed E-state index contributed by atoms with van der Waals surface area (Å²) in [4.78, 5) is 23.9. The van der Waals surface area contributed by atoms with Crippen molar-refractivity contribution in [2.24, 2.45) is 0 Å². The molecule has 6 nitrogen and oxygen atoms in total. The Hall–Kier alpha value is -2.34. The normalized spacial score (nSPS) is 10.5. The zero-order valence-electron chi connectivity index (χ0n) is 13.6. The molecule has 1 aromatic carbocycles. The van der Waals surface area contributed by atoms with Gasteiger partial charge in [0.1, 0.15) is 12.4 Å². The van der Waals surface area contributed by atoms with E-state index in [4.69, 9.17) is 21.1 Å². The van der Waals surface area contributed by atoms with Crippen molar-refractivity contribution in [1.29, 1.82) is 0 Å². The molecule has 7 heteroatoms. The molecule has 1 aromatic heterocycles. The van der Waals surface area contributed by atoms with Gasteiger partial charge in [0.25, 0.3) is 5.56 Å². The fourth-order valence-corrected chi connectivity index (χ4v) is 2.30. The number of hydrogen-bond donors (Lipinski definition) is 0. The summed E-state index contributed by atoms with van der Waals surface area (Å²) in [7, 11) is 1.53. The van der Waals surface area contributed by atoms with Gasteiger partial charge < -0.3 is 9.47 Å². The summed E-state index contributed by atoms with van der Waals surface area (Å²) in [6, 6.07) is 7.75. The van der Waals surface area contributed by atoms with Crippen LogP contribution in [0.3, 0.4) is 0 Å². The summed E-state index contributed by atoms with van der Waals surface area (Å²) >= 11 is 5.95. The van der Waals surface area contributed by atoms with Crippen molar-refractivity contribution in [2.45, 2.75) is 32.9 Å². The van der Waals surface area contributed by atoms with Gasteiger partial charge in [0.05, 0.1) is 7.11 Å². The summed E-state index contributed by atoms with van der Waals surface area (Å²) in [5.74, 6) is -0.0321. The van der Waals surface area contributed by atoms with Gasteiger partial charge >= 0.3 is 5.97 Å². The first-order valence-corrected chi connectivity index (χ1v) is 8.00. The molecule has 2 rings (SSSR count). The van der Waals surface area contributed by atoms with E-state index in [1.54, 1.807) is 18.2 Å². The molecule has 0 amide bonds. The summed E-state index contributed by atoms with van der Waals surface area (Å²) < 4.78 is 11.7. The van der Waals surface area contributed by atoms with Crippen LogP contribution in [0.25, 0.3) is 0 Å². The molecule has 0 spiro atoms. The maximum atomic E-state index is 12.2. The molecule has 0 saturated carbocycles. The summed E-state index contributed by atoms with van der Waals surface area (Å²) in [6.07, 6.45) is 1.74. The maximum Gasteiger partial charge on any atom is 0.359 e. The maximum absolute atomic E-state index is 12.2. The molecular weight excluding hydrogens is 332 g/mol. The zero-order chi connectivity index (χ0) is 17.5. The van der Waals surface area contributed by atoms with E-state index in [0.717, 1.165) is 12.8 Å². The molecule has 0 atom stereocenters. The predicted molar refractivity (Wildman–Crippen MR) is 90.5 cm³/mol. The Morgan fingerprint density at radius 3 is 2.79 bits per heavy atom. The molecule has 0 aliphatic rings. The monoisotopic (exact) mass is 350 g/mol. The minimum absolute atomic E-state index is 0.00165. The Morgan fingerprint density at radius 2 is 2.08 bits per heavy atom. The van der Waals surface area contributed by atoms with Crippen molar-refractivity contribution < 1.29 is 14.3 Å². The Bertz CT molecular complexity index is 773. The lowest BCUT2D eigenvalue weighted by Crippen LogP contribution is -2.25. The molecule has 0 radical (unpaired) electrons. The smallest absolute Gasteiger partial charge is 0.359 e. The van der Waals surface area contributed by atoms with Crippen LogP contribution in [-0.2, 0) is 17.9 Å². The largest absolute Gasteiger partial charge is 0.496 e. The van der Waals surface area contributed by atoms with Gasteiger partial charge in [-0.15, -0.1) is 0 Å². The number of aromatic nitrogens is 2. The van der Waals surface area contributed by atoms with Crippen molar-refractivity contribution in [2.75, 3.05) is 7.11 Å². The van der Waals surface area contributed by atoms with Crippen LogP contribution >= 0.6 is 11.6 Å². The van der Waals surface area contributed by atoms with Gasteiger partial charge in [-0.25, -0.2) is 9.48 Å². The zero-order valence-corrected chi connectivity index (χ0v) is 14.4. The van der Waals surface area contributed by atoms with Crippen LogP contribution < -0.4 is 10.3 Å². The molecule has 0 N–H and O–H groups in total. The number of hydrogen-bond acceptors (Lipinski definition) is 5. The molecule has 2 aromatic rings. The predicted octanol–water partition coefficient (Wildman–Crippen LogP) is 3.06. The van der Waals surface area contributed by atoms with E-state index in [1.807, 2.05) is 6.92 Å². The average Bonchev–Trinajstić information content (AvgIpc) is 2.59. The van der Waals surface area contributed by atoms with E-state index >= 15 is 0 Å². The number of halogens is 1. The van der Waals surface area contributed by atoms with Crippen LogP contribution in [0.5, 0.6) is 5.75 Å². The highest BCUT2D eigenvalue weighted by Gasteiger charge is 2.13. The van der Waals surface area contributed by atoms with Gasteiger partial charge in [-0.05, 0) is 30.7 Å². The highest BCUT2D eigenvalue weighted by molar-refractivity contribution is 6.30. The van der Waals surface area contributed by atoms with E-state index in [2.05, 4.69) is 5.10 Å². The Kier molecular flexibility index (Phi) is 6.37. The van der Waals surface area contributed by atoms with Crippen LogP contribution in [0.4, 0.5) is 0 Å². The van der Waals surface area contributed by atoms with E-state index in [1.165, 1.54) is 23.9 Å². The number of ether oxygens (including phenoxy) is 2. The number of aryl methyl sites for hydroxylation is 1. The number of esters is 1. The number of unbranched alkanes of at least 4 members (excludes halogenated alkanes) is 1. The van der Waals surface area contributed by atoms with Crippen LogP contribution in [0.15, 0.2) is 35.1 Å². The topological polar surface area (TPSA) is 70.4 Å². The number of carbonyl (C=O) groups is 1. The number of rotatable bonds is 7. The van der Waals surface area contributed by atoms with Crippen LogP contribution in [0, 0.1) is 0 Å². The molecule has 0 bridgehead atoms. The Balaban J connectivity index is 2.10. The van der Waals surface area contributed by atoms with Crippen molar-refractivity contribution in [3.05, 3.63) is 57.0 Å². The summed E-state index contributed by atoms with van der Waals surface area (Å²) in [5.41, 5.74) is 0.501. The second-order valence-corrected chi connectivity index (χ2v) is 5.60. The molecular formula is C17H19ClN2O4. The first-order valence-electron chi connectivity index (χ1n) is 7.63. The van der Waals surface area contributed by atoms with Crippen molar-refractivity contribution >= 4 is 17.6 Å². The second kappa shape index (κ2) is 8.49. The fourth-order valence-electron chi connectivity index (χ4n) is 2.10. The van der Waals surface area contributed by atoms with Crippen LogP contribution in [0.2, 0.25) is 5.02 Å². The molecule has 0 aliphatic heterocycles. The SMILES string of the molecule is CCCCn1nc(C(=O)OCc2cc(Cl)ccc2OC)ccc1=O. The lowest BCUT2D eigenvalue weighted by molar-refractivity contribution is 0.0460. The van der Waals surface area contributed by atoms with Crippen LogP contribution in [0.1, 0.15) is 35.8 Å². The van der Waals surface area contributed by atoms with Crippen LogP contribution in [-0.4, -0.2) is 22.9 Å². The number of nitrogens with zero attached hydrogens (tertiary/aromatic N) is 2. The number of carbonyl (C=O) groups excluding carboxylic acids is 1. The highest BCUT2D eigenvalue weighted by atomic mass is 35.5. The molecule has 128 valence electrons. The van der Waals surface area contributed by atoms with Gasteiger partial charge in [0.15, 0.2) is 5.69 Å². The first kappa shape index (κ1) is 18.0. The quantitative estimate of drug-likeness (QED) is 0.718. The fraction of sp³-hybridized carbons (Fsp3) is 0.353. The molecule has 1 heterocycles. The average molecular weight is 351 g/mol.